The van der Waals surface area contributed by atoms with Crippen molar-refractivity contribution in [3.05, 3.63) is 83.4 Å². The SMILES string of the molecule is CC(c1ccc(-c2ccc(Cl)cc2)cc1)N1CCN(Sc2ccc(OCC3CCCCC3)cc2)CC1. The van der Waals surface area contributed by atoms with Gasteiger partial charge >= 0.3 is 0 Å². The molecule has 5 rings (SSSR count). The van der Waals surface area contributed by atoms with Crippen molar-refractivity contribution in [1.29, 1.82) is 0 Å². The van der Waals surface area contributed by atoms with Gasteiger partial charge in [-0.05, 0) is 90.7 Å². The molecule has 1 saturated carbocycles. The van der Waals surface area contributed by atoms with E-state index in [-0.39, 0.29) is 0 Å². The first kappa shape index (κ1) is 25.7. The molecule has 1 aliphatic carbocycles. The zero-order chi connectivity index (χ0) is 24.7. The predicted molar refractivity (Wildman–Crippen MR) is 153 cm³/mol. The van der Waals surface area contributed by atoms with E-state index >= 15 is 0 Å². The third-order valence-corrected chi connectivity index (χ3v) is 9.02. The van der Waals surface area contributed by atoms with Crippen molar-refractivity contribution in [2.75, 3.05) is 32.8 Å². The molecule has 0 bridgehead atoms. The van der Waals surface area contributed by atoms with Crippen molar-refractivity contribution in [1.82, 2.24) is 9.21 Å². The summed E-state index contributed by atoms with van der Waals surface area (Å²) >= 11 is 7.91. The molecule has 0 N–H and O–H groups in total. The summed E-state index contributed by atoms with van der Waals surface area (Å²) in [4.78, 5) is 3.88. The number of piperazine rings is 1. The minimum absolute atomic E-state index is 0.414. The maximum atomic E-state index is 6.08. The normalized spacial score (nSPS) is 18.7. The van der Waals surface area contributed by atoms with Gasteiger partial charge in [-0.2, -0.15) is 0 Å². The summed E-state index contributed by atoms with van der Waals surface area (Å²) < 4.78 is 8.57. The second-order valence-electron chi connectivity index (χ2n) is 10.1. The van der Waals surface area contributed by atoms with Crippen LogP contribution in [-0.4, -0.2) is 42.0 Å². The molecule has 2 aliphatic rings. The van der Waals surface area contributed by atoms with Crippen LogP contribution in [-0.2, 0) is 0 Å². The van der Waals surface area contributed by atoms with Gasteiger partial charge in [-0.1, -0.05) is 67.3 Å². The number of ether oxygens (including phenoxy) is 1. The summed E-state index contributed by atoms with van der Waals surface area (Å²) in [6.07, 6.45) is 6.78. The van der Waals surface area contributed by atoms with Crippen LogP contribution in [0, 0.1) is 5.92 Å². The molecule has 0 amide bonds. The van der Waals surface area contributed by atoms with Crippen LogP contribution < -0.4 is 4.74 Å². The average Bonchev–Trinajstić information content (AvgIpc) is 2.94. The van der Waals surface area contributed by atoms with E-state index in [1.807, 2.05) is 24.1 Å². The summed E-state index contributed by atoms with van der Waals surface area (Å²) in [6, 6.07) is 26.2. The van der Waals surface area contributed by atoms with Gasteiger partial charge in [0.15, 0.2) is 0 Å². The number of benzene rings is 3. The Kier molecular flexibility index (Phi) is 8.92. The third kappa shape index (κ3) is 6.86. The maximum Gasteiger partial charge on any atom is 0.119 e. The molecule has 0 spiro atoms. The van der Waals surface area contributed by atoms with Crippen LogP contribution in [0.25, 0.3) is 11.1 Å². The lowest BCUT2D eigenvalue weighted by atomic mass is 9.90. The van der Waals surface area contributed by atoms with E-state index in [0.29, 0.717) is 6.04 Å². The molecule has 1 saturated heterocycles. The van der Waals surface area contributed by atoms with Gasteiger partial charge in [0.05, 0.1) is 6.61 Å². The van der Waals surface area contributed by atoms with Crippen LogP contribution in [0.4, 0.5) is 0 Å². The fourth-order valence-corrected chi connectivity index (χ4v) is 6.33. The van der Waals surface area contributed by atoms with Crippen LogP contribution in [0.2, 0.25) is 5.02 Å². The fraction of sp³-hybridized carbons (Fsp3) is 0.419. The summed E-state index contributed by atoms with van der Waals surface area (Å²) in [5.41, 5.74) is 3.81. The Morgan fingerprint density at radius 3 is 2.06 bits per heavy atom. The molecule has 1 unspecified atom stereocenters. The van der Waals surface area contributed by atoms with Gasteiger partial charge in [-0.25, -0.2) is 4.31 Å². The fourth-order valence-electron chi connectivity index (χ4n) is 5.30. The molecule has 36 heavy (non-hydrogen) atoms. The molecule has 2 fully saturated rings. The zero-order valence-corrected chi connectivity index (χ0v) is 22.8. The van der Waals surface area contributed by atoms with E-state index < -0.39 is 0 Å². The Bertz CT molecular complexity index is 1070. The largest absolute Gasteiger partial charge is 0.493 e. The number of hydrogen-bond acceptors (Lipinski definition) is 4. The van der Waals surface area contributed by atoms with Gasteiger partial charge in [0.2, 0.25) is 0 Å². The van der Waals surface area contributed by atoms with Gasteiger partial charge in [-0.15, -0.1) is 0 Å². The zero-order valence-electron chi connectivity index (χ0n) is 21.2. The highest BCUT2D eigenvalue weighted by Crippen LogP contribution is 2.30. The second-order valence-corrected chi connectivity index (χ2v) is 11.8. The van der Waals surface area contributed by atoms with Crippen LogP contribution in [0.5, 0.6) is 5.75 Å². The first-order valence-electron chi connectivity index (χ1n) is 13.4. The van der Waals surface area contributed by atoms with E-state index in [9.17, 15) is 0 Å². The smallest absolute Gasteiger partial charge is 0.119 e. The minimum atomic E-state index is 0.414. The first-order chi connectivity index (χ1) is 17.6. The van der Waals surface area contributed by atoms with E-state index in [0.717, 1.165) is 49.5 Å². The van der Waals surface area contributed by atoms with E-state index in [1.165, 1.54) is 53.7 Å². The molecule has 3 aromatic carbocycles. The van der Waals surface area contributed by atoms with Gasteiger partial charge in [-0.3, -0.25) is 4.90 Å². The lowest BCUT2D eigenvalue weighted by Gasteiger charge is -2.37. The molecule has 190 valence electrons. The van der Waals surface area contributed by atoms with E-state index in [1.54, 1.807) is 0 Å². The Morgan fingerprint density at radius 1 is 0.806 bits per heavy atom. The number of rotatable bonds is 8. The molecule has 3 aromatic rings. The van der Waals surface area contributed by atoms with Crippen LogP contribution >= 0.6 is 23.5 Å². The van der Waals surface area contributed by atoms with Crippen molar-refractivity contribution in [2.24, 2.45) is 5.92 Å². The molecule has 0 radical (unpaired) electrons. The van der Waals surface area contributed by atoms with Crippen molar-refractivity contribution in [3.63, 3.8) is 0 Å². The number of halogens is 1. The second kappa shape index (κ2) is 12.5. The molecule has 1 heterocycles. The Morgan fingerprint density at radius 2 is 1.42 bits per heavy atom. The maximum absolute atomic E-state index is 6.08. The molecule has 3 nitrogen and oxygen atoms in total. The lowest BCUT2D eigenvalue weighted by Crippen LogP contribution is -2.44. The number of hydrogen-bond donors (Lipinski definition) is 0. The standard InChI is InChI=1S/C31H37ClN2OS/c1-24(26-7-9-27(10-8-26)28-11-13-29(32)14-12-28)33-19-21-34(22-20-33)36-31-17-15-30(16-18-31)35-23-25-5-3-2-4-6-25/h7-18,24-25H,2-6,19-23H2,1H3. The highest BCUT2D eigenvalue weighted by Gasteiger charge is 2.23. The Hall–Kier alpha value is -1.98. The van der Waals surface area contributed by atoms with Gasteiger partial charge < -0.3 is 4.74 Å². The van der Waals surface area contributed by atoms with Crippen molar-refractivity contribution >= 4 is 23.5 Å². The highest BCUT2D eigenvalue weighted by molar-refractivity contribution is 7.97. The van der Waals surface area contributed by atoms with Crippen LogP contribution in [0.1, 0.15) is 50.6 Å². The Balaban J connectivity index is 1.07. The van der Waals surface area contributed by atoms with Gasteiger partial charge in [0, 0.05) is 42.1 Å². The average molecular weight is 521 g/mol. The minimum Gasteiger partial charge on any atom is -0.493 e. The predicted octanol–water partition coefficient (Wildman–Crippen LogP) is 8.35. The van der Waals surface area contributed by atoms with E-state index in [4.69, 9.17) is 16.3 Å². The van der Waals surface area contributed by atoms with Gasteiger partial charge in [0.25, 0.3) is 0 Å². The molecule has 0 aromatic heterocycles. The van der Waals surface area contributed by atoms with Gasteiger partial charge in [0.1, 0.15) is 5.75 Å². The Labute approximate surface area is 225 Å². The third-order valence-electron chi connectivity index (χ3n) is 7.66. The van der Waals surface area contributed by atoms with Crippen molar-refractivity contribution in [2.45, 2.75) is 50.0 Å². The summed E-state index contributed by atoms with van der Waals surface area (Å²) in [5.74, 6) is 1.75. The first-order valence-corrected chi connectivity index (χ1v) is 14.5. The highest BCUT2D eigenvalue weighted by atomic mass is 35.5. The monoisotopic (exact) mass is 520 g/mol. The summed E-state index contributed by atoms with van der Waals surface area (Å²) in [7, 11) is 0. The van der Waals surface area contributed by atoms with E-state index in [2.05, 4.69) is 76.8 Å². The number of nitrogens with zero attached hydrogens (tertiary/aromatic N) is 2. The summed E-state index contributed by atoms with van der Waals surface area (Å²) in [5, 5.41) is 0.775. The molecule has 1 atom stereocenters. The lowest BCUT2D eigenvalue weighted by molar-refractivity contribution is 0.151. The van der Waals surface area contributed by atoms with Crippen molar-refractivity contribution < 1.29 is 4.74 Å². The van der Waals surface area contributed by atoms with Crippen molar-refractivity contribution in [3.8, 4) is 16.9 Å². The molecular weight excluding hydrogens is 484 g/mol. The molecule has 1 aliphatic heterocycles. The summed E-state index contributed by atoms with van der Waals surface area (Å²) in [6.45, 7) is 7.49. The molecule has 5 heteroatoms. The van der Waals surface area contributed by atoms with Crippen LogP contribution in [0.15, 0.2) is 77.7 Å². The molecular formula is C31H37ClN2OS. The topological polar surface area (TPSA) is 15.7 Å². The van der Waals surface area contributed by atoms with Crippen LogP contribution in [0.3, 0.4) is 0 Å². The quantitative estimate of drug-likeness (QED) is 0.277.